The van der Waals surface area contributed by atoms with Crippen molar-refractivity contribution < 1.29 is 9.53 Å². The third-order valence-electron chi connectivity index (χ3n) is 4.48. The first kappa shape index (κ1) is 19.8. The van der Waals surface area contributed by atoms with E-state index >= 15 is 0 Å². The van der Waals surface area contributed by atoms with Crippen molar-refractivity contribution in [1.82, 2.24) is 10.2 Å². The number of benzene rings is 2. The molecule has 0 aliphatic heterocycles. The quantitative estimate of drug-likeness (QED) is 0.678. The number of aryl methyl sites for hydroxylation is 1. The molecule has 0 aliphatic carbocycles. The van der Waals surface area contributed by atoms with Gasteiger partial charge in [-0.05, 0) is 43.8 Å². The van der Waals surface area contributed by atoms with E-state index in [-0.39, 0.29) is 5.91 Å². The molecule has 2 aromatic carbocycles. The molecule has 140 valence electrons. The first-order valence-corrected chi connectivity index (χ1v) is 9.12. The van der Waals surface area contributed by atoms with Crippen LogP contribution >= 0.6 is 0 Å². The maximum atomic E-state index is 12.5. The SMILES string of the molecule is CCN(CC)CCOc1ccccc1CNC(=O)c1cc(N)ccc1C. The first-order valence-electron chi connectivity index (χ1n) is 9.12. The van der Waals surface area contributed by atoms with Gasteiger partial charge in [-0.25, -0.2) is 0 Å². The third-order valence-corrected chi connectivity index (χ3v) is 4.48. The summed E-state index contributed by atoms with van der Waals surface area (Å²) in [5.41, 5.74) is 8.84. The zero-order valence-electron chi connectivity index (χ0n) is 15.9. The molecule has 0 heterocycles. The summed E-state index contributed by atoms with van der Waals surface area (Å²) >= 11 is 0. The first-order chi connectivity index (χ1) is 12.5. The lowest BCUT2D eigenvalue weighted by Crippen LogP contribution is -2.28. The monoisotopic (exact) mass is 355 g/mol. The molecule has 0 bridgehead atoms. The van der Waals surface area contributed by atoms with Gasteiger partial charge in [-0.3, -0.25) is 4.79 Å². The van der Waals surface area contributed by atoms with Crippen molar-refractivity contribution in [3.8, 4) is 5.75 Å². The second kappa shape index (κ2) is 9.82. The number of nitrogens with zero attached hydrogens (tertiary/aromatic N) is 1. The number of nitrogens with one attached hydrogen (secondary N) is 1. The van der Waals surface area contributed by atoms with Crippen molar-refractivity contribution in [3.63, 3.8) is 0 Å². The van der Waals surface area contributed by atoms with Gasteiger partial charge in [-0.2, -0.15) is 0 Å². The van der Waals surface area contributed by atoms with Gasteiger partial charge in [-0.15, -0.1) is 0 Å². The lowest BCUT2D eigenvalue weighted by molar-refractivity contribution is 0.0950. The van der Waals surface area contributed by atoms with Crippen molar-refractivity contribution in [2.45, 2.75) is 27.3 Å². The Kier molecular flexibility index (Phi) is 7.48. The summed E-state index contributed by atoms with van der Waals surface area (Å²) in [7, 11) is 0. The minimum absolute atomic E-state index is 0.132. The number of para-hydroxylation sites is 1. The van der Waals surface area contributed by atoms with Gasteiger partial charge in [0.05, 0.1) is 0 Å². The topological polar surface area (TPSA) is 67.6 Å². The highest BCUT2D eigenvalue weighted by molar-refractivity contribution is 5.96. The molecule has 0 spiro atoms. The smallest absolute Gasteiger partial charge is 0.251 e. The Morgan fingerprint density at radius 1 is 1.15 bits per heavy atom. The molecule has 1 amide bonds. The summed E-state index contributed by atoms with van der Waals surface area (Å²) in [6, 6.07) is 13.2. The van der Waals surface area contributed by atoms with E-state index in [0.29, 0.717) is 24.4 Å². The Bertz CT molecular complexity index is 727. The van der Waals surface area contributed by atoms with E-state index in [4.69, 9.17) is 10.5 Å². The summed E-state index contributed by atoms with van der Waals surface area (Å²) in [4.78, 5) is 14.8. The van der Waals surface area contributed by atoms with Crippen LogP contribution in [0.2, 0.25) is 0 Å². The van der Waals surface area contributed by atoms with Crippen LogP contribution in [0.5, 0.6) is 5.75 Å². The molecule has 5 nitrogen and oxygen atoms in total. The summed E-state index contributed by atoms with van der Waals surface area (Å²) in [5.74, 6) is 0.678. The lowest BCUT2D eigenvalue weighted by atomic mass is 10.1. The zero-order valence-corrected chi connectivity index (χ0v) is 15.9. The van der Waals surface area contributed by atoms with Crippen molar-refractivity contribution in [2.75, 3.05) is 32.0 Å². The Morgan fingerprint density at radius 2 is 1.88 bits per heavy atom. The van der Waals surface area contributed by atoms with Gasteiger partial charge < -0.3 is 20.7 Å². The number of nitrogen functional groups attached to an aromatic ring is 1. The third kappa shape index (κ3) is 5.49. The summed E-state index contributed by atoms with van der Waals surface area (Å²) in [6.07, 6.45) is 0. The van der Waals surface area contributed by atoms with E-state index < -0.39 is 0 Å². The zero-order chi connectivity index (χ0) is 18.9. The van der Waals surface area contributed by atoms with E-state index in [9.17, 15) is 4.79 Å². The maximum Gasteiger partial charge on any atom is 0.251 e. The summed E-state index contributed by atoms with van der Waals surface area (Å²) in [6.45, 7) is 10.1. The van der Waals surface area contributed by atoms with Crippen LogP contribution in [0.4, 0.5) is 5.69 Å². The van der Waals surface area contributed by atoms with Crippen molar-refractivity contribution >= 4 is 11.6 Å². The Morgan fingerprint density at radius 3 is 2.62 bits per heavy atom. The normalized spacial score (nSPS) is 10.8. The largest absolute Gasteiger partial charge is 0.492 e. The number of carbonyl (C=O) groups excluding carboxylic acids is 1. The molecule has 2 aromatic rings. The second-order valence-corrected chi connectivity index (χ2v) is 6.24. The Balaban J connectivity index is 1.97. The number of ether oxygens (including phenoxy) is 1. The number of rotatable bonds is 9. The molecular formula is C21H29N3O2. The summed E-state index contributed by atoms with van der Waals surface area (Å²) < 4.78 is 5.94. The molecule has 3 N–H and O–H groups in total. The van der Waals surface area contributed by atoms with Crippen LogP contribution in [0.3, 0.4) is 0 Å². The van der Waals surface area contributed by atoms with Gasteiger partial charge in [0.2, 0.25) is 0 Å². The van der Waals surface area contributed by atoms with Crippen molar-refractivity contribution in [2.24, 2.45) is 0 Å². The molecule has 26 heavy (non-hydrogen) atoms. The van der Waals surface area contributed by atoms with Crippen LogP contribution in [0.25, 0.3) is 0 Å². The predicted octanol–water partition coefficient (Wildman–Crippen LogP) is 3.23. The van der Waals surface area contributed by atoms with Crippen molar-refractivity contribution in [3.05, 3.63) is 59.2 Å². The highest BCUT2D eigenvalue weighted by Gasteiger charge is 2.11. The number of likely N-dealkylation sites (N-methyl/N-ethyl adjacent to an activating group) is 1. The molecule has 5 heteroatoms. The van der Waals surface area contributed by atoms with E-state index in [0.717, 1.165) is 36.5 Å². The van der Waals surface area contributed by atoms with Crippen LogP contribution in [0.15, 0.2) is 42.5 Å². The minimum Gasteiger partial charge on any atom is -0.492 e. The number of hydrogen-bond donors (Lipinski definition) is 2. The van der Waals surface area contributed by atoms with Gasteiger partial charge >= 0.3 is 0 Å². The number of carbonyl (C=O) groups is 1. The van der Waals surface area contributed by atoms with Gasteiger partial charge in [-0.1, -0.05) is 38.1 Å². The fraction of sp³-hybridized carbons (Fsp3) is 0.381. The molecule has 0 atom stereocenters. The molecule has 0 aromatic heterocycles. The van der Waals surface area contributed by atoms with Gasteiger partial charge in [0.25, 0.3) is 5.91 Å². The fourth-order valence-electron chi connectivity index (χ4n) is 2.77. The second-order valence-electron chi connectivity index (χ2n) is 6.24. The lowest BCUT2D eigenvalue weighted by Gasteiger charge is -2.19. The van der Waals surface area contributed by atoms with Gasteiger partial charge in [0.15, 0.2) is 0 Å². The summed E-state index contributed by atoms with van der Waals surface area (Å²) in [5, 5.41) is 2.96. The fourth-order valence-corrected chi connectivity index (χ4v) is 2.77. The molecule has 0 saturated heterocycles. The van der Waals surface area contributed by atoms with E-state index in [1.807, 2.05) is 37.3 Å². The number of hydrogen-bond acceptors (Lipinski definition) is 4. The van der Waals surface area contributed by atoms with E-state index in [1.165, 1.54) is 0 Å². The molecule has 0 saturated carbocycles. The van der Waals surface area contributed by atoms with Gasteiger partial charge in [0, 0.05) is 29.9 Å². The number of anilines is 1. The Hall–Kier alpha value is -2.53. The standard InChI is InChI=1S/C21H29N3O2/c1-4-24(5-2)12-13-26-20-9-7-6-8-17(20)15-23-21(25)19-14-18(22)11-10-16(19)3/h6-11,14H,4-5,12-13,15,22H2,1-3H3,(H,23,25). The van der Waals surface area contributed by atoms with Crippen LogP contribution in [-0.4, -0.2) is 37.0 Å². The minimum atomic E-state index is -0.132. The highest BCUT2D eigenvalue weighted by Crippen LogP contribution is 2.18. The molecule has 0 unspecified atom stereocenters. The highest BCUT2D eigenvalue weighted by atomic mass is 16.5. The van der Waals surface area contributed by atoms with Gasteiger partial charge in [0.1, 0.15) is 12.4 Å². The van der Waals surface area contributed by atoms with E-state index in [2.05, 4.69) is 24.1 Å². The van der Waals surface area contributed by atoms with Crippen LogP contribution in [-0.2, 0) is 6.54 Å². The number of nitrogens with two attached hydrogens (primary N) is 1. The van der Waals surface area contributed by atoms with Crippen LogP contribution in [0.1, 0.15) is 35.3 Å². The molecular weight excluding hydrogens is 326 g/mol. The number of amides is 1. The molecule has 0 aliphatic rings. The molecule has 2 rings (SSSR count). The molecule has 0 radical (unpaired) electrons. The van der Waals surface area contributed by atoms with Crippen molar-refractivity contribution in [1.29, 1.82) is 0 Å². The average molecular weight is 355 g/mol. The maximum absolute atomic E-state index is 12.5. The molecule has 0 fully saturated rings. The van der Waals surface area contributed by atoms with Crippen LogP contribution < -0.4 is 15.8 Å². The van der Waals surface area contributed by atoms with E-state index in [1.54, 1.807) is 12.1 Å². The van der Waals surface area contributed by atoms with Crippen LogP contribution in [0, 0.1) is 6.92 Å². The Labute approximate surface area is 156 Å². The predicted molar refractivity (Wildman–Crippen MR) is 106 cm³/mol. The average Bonchev–Trinajstić information content (AvgIpc) is 2.66.